The van der Waals surface area contributed by atoms with Crippen molar-refractivity contribution < 1.29 is 49.8 Å². The lowest BCUT2D eigenvalue weighted by molar-refractivity contribution is -0.192. The Bertz CT molecular complexity index is 766. The number of benzene rings is 1. The fourth-order valence-electron chi connectivity index (χ4n) is 2.71. The molecule has 1 saturated heterocycles. The number of carbonyl (C=O) groups is 2. The van der Waals surface area contributed by atoms with Crippen LogP contribution in [0.1, 0.15) is 30.4 Å². The second-order valence-corrected chi connectivity index (χ2v) is 6.52. The zero-order valence-electron chi connectivity index (χ0n) is 15.4. The highest BCUT2D eigenvalue weighted by Gasteiger charge is 2.39. The molecule has 170 valence electrons. The van der Waals surface area contributed by atoms with Crippen LogP contribution in [0, 0.1) is 5.82 Å². The average molecular weight is 450 g/mol. The molecule has 3 atom stereocenters. The Morgan fingerprint density at radius 1 is 1.20 bits per heavy atom. The molecule has 13 heteroatoms. The van der Waals surface area contributed by atoms with E-state index in [4.69, 9.17) is 15.6 Å². The number of likely N-dealkylation sites (tertiary alicyclic amines) is 1. The van der Waals surface area contributed by atoms with Gasteiger partial charge in [-0.3, -0.25) is 4.79 Å². The zero-order chi connectivity index (χ0) is 23.4. The van der Waals surface area contributed by atoms with Crippen molar-refractivity contribution in [3.63, 3.8) is 0 Å². The lowest BCUT2D eigenvalue weighted by Crippen LogP contribution is -2.45. The summed E-state index contributed by atoms with van der Waals surface area (Å²) in [6.07, 6.45) is -10.8. The van der Waals surface area contributed by atoms with Crippen molar-refractivity contribution in [1.29, 1.82) is 0 Å². The second kappa shape index (κ2) is 9.58. The SMILES string of the molecule is C[C@@H](c1ccc(F)cc1C(F)(F)F)[C@H](N)C(=O)N1CC[C@H](F)C1.O=C(O)C(F)(F)F. The zero-order valence-corrected chi connectivity index (χ0v) is 15.4. The number of carboxylic acid groups (broad SMARTS) is 1. The average Bonchev–Trinajstić information content (AvgIpc) is 3.05. The van der Waals surface area contributed by atoms with Gasteiger partial charge >= 0.3 is 18.3 Å². The first kappa shape index (κ1) is 25.6. The van der Waals surface area contributed by atoms with Crippen LogP contribution >= 0.6 is 0 Å². The highest BCUT2D eigenvalue weighted by atomic mass is 19.4. The molecule has 2 rings (SSSR count). The minimum atomic E-state index is -5.08. The second-order valence-electron chi connectivity index (χ2n) is 6.52. The Balaban J connectivity index is 0.000000553. The number of hydrogen-bond acceptors (Lipinski definition) is 3. The van der Waals surface area contributed by atoms with Crippen molar-refractivity contribution in [1.82, 2.24) is 4.90 Å². The van der Waals surface area contributed by atoms with E-state index in [1.165, 1.54) is 11.8 Å². The van der Waals surface area contributed by atoms with Gasteiger partial charge in [0.15, 0.2) is 0 Å². The van der Waals surface area contributed by atoms with Crippen LogP contribution in [0.5, 0.6) is 0 Å². The van der Waals surface area contributed by atoms with E-state index in [1.807, 2.05) is 0 Å². The summed E-state index contributed by atoms with van der Waals surface area (Å²) in [7, 11) is 0. The van der Waals surface area contributed by atoms with Gasteiger partial charge < -0.3 is 15.7 Å². The van der Waals surface area contributed by atoms with E-state index >= 15 is 0 Å². The molecule has 1 aliphatic heterocycles. The van der Waals surface area contributed by atoms with Gasteiger partial charge in [-0.25, -0.2) is 13.6 Å². The number of rotatable bonds is 3. The van der Waals surface area contributed by atoms with E-state index in [9.17, 15) is 39.9 Å². The van der Waals surface area contributed by atoms with Gasteiger partial charge in [0.05, 0.1) is 18.2 Å². The summed E-state index contributed by atoms with van der Waals surface area (Å²) >= 11 is 0. The van der Waals surface area contributed by atoms with Gasteiger partial charge in [0.2, 0.25) is 5.91 Å². The number of aliphatic carboxylic acids is 1. The normalized spacial score (nSPS) is 19.0. The predicted octanol–water partition coefficient (Wildman–Crippen LogP) is 3.48. The smallest absolute Gasteiger partial charge is 0.475 e. The third-order valence-electron chi connectivity index (χ3n) is 4.32. The molecule has 1 aromatic rings. The van der Waals surface area contributed by atoms with Crippen molar-refractivity contribution in [2.24, 2.45) is 5.73 Å². The Kier molecular flexibility index (Phi) is 8.17. The highest BCUT2D eigenvalue weighted by molar-refractivity contribution is 5.83. The number of halogens is 8. The van der Waals surface area contributed by atoms with Crippen LogP contribution in [0.15, 0.2) is 18.2 Å². The molecule has 0 unspecified atom stereocenters. The van der Waals surface area contributed by atoms with Gasteiger partial charge in [0.1, 0.15) is 12.0 Å². The van der Waals surface area contributed by atoms with Crippen LogP contribution < -0.4 is 5.73 Å². The topological polar surface area (TPSA) is 83.6 Å². The fraction of sp³-hybridized carbons (Fsp3) is 0.529. The summed E-state index contributed by atoms with van der Waals surface area (Å²) in [5.41, 5.74) is 4.38. The molecule has 1 aliphatic rings. The molecule has 5 nitrogen and oxygen atoms in total. The van der Waals surface area contributed by atoms with Gasteiger partial charge in [0.25, 0.3) is 0 Å². The van der Waals surface area contributed by atoms with E-state index in [1.54, 1.807) is 0 Å². The van der Waals surface area contributed by atoms with E-state index < -0.39 is 53.7 Å². The van der Waals surface area contributed by atoms with Gasteiger partial charge in [-0.05, 0) is 24.1 Å². The first-order chi connectivity index (χ1) is 13.6. The van der Waals surface area contributed by atoms with Crippen molar-refractivity contribution in [3.05, 3.63) is 35.1 Å². The third kappa shape index (κ3) is 6.82. The fourth-order valence-corrected chi connectivity index (χ4v) is 2.71. The Hall–Kier alpha value is -2.44. The molecule has 1 heterocycles. The van der Waals surface area contributed by atoms with Crippen molar-refractivity contribution in [2.45, 2.75) is 43.8 Å². The standard InChI is InChI=1S/C15H17F5N2O.C2HF3O2/c1-8(13(21)14(23)22-5-4-10(17)7-22)11-3-2-9(16)6-12(11)15(18,19)20;3-2(4,5)1(6)7/h2-3,6,8,10,13H,4-5,7,21H2,1H3;(H,6,7)/t8-,10-,13-;/m0./s1. The van der Waals surface area contributed by atoms with Crippen molar-refractivity contribution >= 4 is 11.9 Å². The number of nitrogens with two attached hydrogens (primary N) is 1. The molecule has 0 aromatic heterocycles. The summed E-state index contributed by atoms with van der Waals surface area (Å²) in [5, 5.41) is 7.12. The van der Waals surface area contributed by atoms with Crippen LogP contribution in [0.25, 0.3) is 0 Å². The predicted molar refractivity (Wildman–Crippen MR) is 87.6 cm³/mol. The molecule has 0 radical (unpaired) electrons. The molecule has 0 saturated carbocycles. The molecule has 0 bridgehead atoms. The van der Waals surface area contributed by atoms with E-state index in [-0.39, 0.29) is 25.1 Å². The van der Waals surface area contributed by atoms with Crippen LogP contribution in [0.3, 0.4) is 0 Å². The van der Waals surface area contributed by atoms with Crippen LogP contribution in [0.4, 0.5) is 35.1 Å². The Labute approximate surface area is 165 Å². The summed E-state index contributed by atoms with van der Waals surface area (Å²) in [6, 6.07) is 1.01. The number of hydrogen-bond donors (Lipinski definition) is 2. The molecule has 1 fully saturated rings. The van der Waals surface area contributed by atoms with Gasteiger partial charge in [-0.15, -0.1) is 0 Å². The summed E-state index contributed by atoms with van der Waals surface area (Å²) in [4.78, 5) is 22.3. The molecule has 3 N–H and O–H groups in total. The Morgan fingerprint density at radius 2 is 1.73 bits per heavy atom. The summed E-state index contributed by atoms with van der Waals surface area (Å²) in [6.45, 7) is 1.46. The van der Waals surface area contributed by atoms with Crippen molar-refractivity contribution in [2.75, 3.05) is 13.1 Å². The molecular formula is C17H18F8N2O3. The van der Waals surface area contributed by atoms with Crippen LogP contribution in [-0.4, -0.2) is 53.4 Å². The van der Waals surface area contributed by atoms with Gasteiger partial charge in [-0.2, -0.15) is 26.3 Å². The maximum Gasteiger partial charge on any atom is 0.490 e. The van der Waals surface area contributed by atoms with Crippen LogP contribution in [0.2, 0.25) is 0 Å². The van der Waals surface area contributed by atoms with Crippen molar-refractivity contribution in [3.8, 4) is 0 Å². The molecule has 1 amide bonds. The lowest BCUT2D eigenvalue weighted by Gasteiger charge is -2.26. The first-order valence-corrected chi connectivity index (χ1v) is 8.40. The quantitative estimate of drug-likeness (QED) is 0.691. The summed E-state index contributed by atoms with van der Waals surface area (Å²) < 4.78 is 97.2. The maximum absolute atomic E-state index is 13.2. The van der Waals surface area contributed by atoms with Gasteiger partial charge in [0, 0.05) is 12.5 Å². The number of carbonyl (C=O) groups excluding carboxylic acids is 1. The number of alkyl halides is 7. The monoisotopic (exact) mass is 450 g/mol. The van der Waals surface area contributed by atoms with E-state index in [0.29, 0.717) is 6.07 Å². The molecular weight excluding hydrogens is 432 g/mol. The van der Waals surface area contributed by atoms with Gasteiger partial charge in [-0.1, -0.05) is 13.0 Å². The molecule has 0 spiro atoms. The third-order valence-corrected chi connectivity index (χ3v) is 4.32. The number of carboxylic acids is 1. The molecule has 30 heavy (non-hydrogen) atoms. The highest BCUT2D eigenvalue weighted by Crippen LogP contribution is 2.36. The number of amides is 1. The first-order valence-electron chi connectivity index (χ1n) is 8.40. The lowest BCUT2D eigenvalue weighted by atomic mass is 9.89. The molecule has 1 aromatic carbocycles. The largest absolute Gasteiger partial charge is 0.490 e. The minimum Gasteiger partial charge on any atom is -0.475 e. The Morgan fingerprint density at radius 3 is 2.13 bits per heavy atom. The van der Waals surface area contributed by atoms with E-state index in [0.717, 1.165) is 12.1 Å². The maximum atomic E-state index is 13.2. The number of nitrogens with zero attached hydrogens (tertiary/aromatic N) is 1. The molecule has 0 aliphatic carbocycles. The van der Waals surface area contributed by atoms with E-state index in [2.05, 4.69) is 0 Å². The minimum absolute atomic E-state index is 0.102. The van der Waals surface area contributed by atoms with Crippen LogP contribution in [-0.2, 0) is 15.8 Å². The summed E-state index contributed by atoms with van der Waals surface area (Å²) in [5.74, 6) is -5.37.